The summed E-state index contributed by atoms with van der Waals surface area (Å²) in [5.74, 6) is -0.834. The van der Waals surface area contributed by atoms with Crippen molar-refractivity contribution in [3.63, 3.8) is 0 Å². The third kappa shape index (κ3) is 22.1. The van der Waals surface area contributed by atoms with Gasteiger partial charge >= 0.3 is 18.2 Å². The first-order valence-corrected chi connectivity index (χ1v) is 31.5. The number of methoxy groups -OCH3 is 4. The minimum atomic E-state index is -3.82. The Bertz CT molecular complexity index is 2840. The zero-order chi connectivity index (χ0) is 59.9. The lowest BCUT2D eigenvalue weighted by atomic mass is 9.86. The fraction of sp³-hybridized carbons (Fsp3) is 0.593. The Kier molecular flexibility index (Phi) is 28.5. The number of ether oxygens (including phenoxy) is 6. The van der Waals surface area contributed by atoms with E-state index in [0.29, 0.717) is 33.7 Å². The number of rotatable bonds is 25. The van der Waals surface area contributed by atoms with Crippen LogP contribution in [0.1, 0.15) is 126 Å². The molecular weight excluding hydrogens is 1130 g/mol. The molecule has 2 aliphatic carbocycles. The maximum atomic E-state index is 13.2. The largest absolute Gasteiger partial charge is 0.481 e. The van der Waals surface area contributed by atoms with Crippen molar-refractivity contribution in [2.24, 2.45) is 5.73 Å². The van der Waals surface area contributed by atoms with Gasteiger partial charge in [0.15, 0.2) is 12.6 Å². The molecule has 2 heterocycles. The van der Waals surface area contributed by atoms with E-state index in [0.717, 1.165) is 66.3 Å². The van der Waals surface area contributed by atoms with Crippen LogP contribution in [0.15, 0.2) is 58.6 Å². The quantitative estimate of drug-likeness (QED) is 0.0328. The molecule has 0 radical (unpaired) electrons. The molecule has 8 N–H and O–H groups in total. The van der Waals surface area contributed by atoms with Gasteiger partial charge in [0.05, 0.1) is 61.2 Å². The van der Waals surface area contributed by atoms with Gasteiger partial charge in [-0.25, -0.2) is 45.8 Å². The summed E-state index contributed by atoms with van der Waals surface area (Å²) in [6.07, 6.45) is 7.95. The average molecular weight is 1210 g/mol. The topological polar surface area (TPSA) is 324 Å². The first kappa shape index (κ1) is 68.3. The van der Waals surface area contributed by atoms with Gasteiger partial charge in [0, 0.05) is 95.5 Å². The fourth-order valence-electron chi connectivity index (χ4n) is 8.91. The highest BCUT2D eigenvalue weighted by atomic mass is 32.2. The number of nitrogens with one attached hydrogen (secondary N) is 5. The Balaban J connectivity index is 0.000000314. The number of aromatic nitrogens is 2. The van der Waals surface area contributed by atoms with Crippen molar-refractivity contribution in [3.8, 4) is 20.9 Å². The summed E-state index contributed by atoms with van der Waals surface area (Å²) in [5.41, 5.74) is 7.17. The molecule has 2 saturated carbocycles. The molecule has 2 aromatic carbocycles. The highest BCUT2D eigenvalue weighted by molar-refractivity contribution is 7.90. The summed E-state index contributed by atoms with van der Waals surface area (Å²) < 4.78 is 87.0. The first-order valence-electron chi connectivity index (χ1n) is 26.9. The average Bonchev–Trinajstić information content (AvgIpc) is 4.13. The molecule has 27 heteroatoms. The number of carbonyl (C=O) groups excluding carboxylic acids is 3. The van der Waals surface area contributed by atoms with E-state index in [2.05, 4.69) is 35.4 Å². The predicted molar refractivity (Wildman–Crippen MR) is 309 cm³/mol. The van der Waals surface area contributed by atoms with Crippen molar-refractivity contribution < 1.29 is 69.5 Å². The Morgan fingerprint density at radius 3 is 1.36 bits per heavy atom. The van der Waals surface area contributed by atoms with Gasteiger partial charge in [0.25, 0.3) is 0 Å². The molecule has 0 unspecified atom stereocenters. The molecule has 81 heavy (non-hydrogen) atoms. The zero-order valence-corrected chi connectivity index (χ0v) is 51.2. The van der Waals surface area contributed by atoms with Gasteiger partial charge in [0.2, 0.25) is 26.0 Å². The van der Waals surface area contributed by atoms with E-state index < -0.39 is 38.4 Å². The molecule has 0 spiro atoms. The van der Waals surface area contributed by atoms with E-state index in [1.165, 1.54) is 43.0 Å². The lowest BCUT2D eigenvalue weighted by Gasteiger charge is -2.28. The number of aliphatic carboxylic acids is 1. The maximum Gasteiger partial charge on any atom is 0.407 e. The van der Waals surface area contributed by atoms with Crippen LogP contribution in [0.3, 0.4) is 0 Å². The number of nitrogens with zero attached hydrogens (tertiary/aromatic N) is 2. The van der Waals surface area contributed by atoms with E-state index in [-0.39, 0.29) is 96.7 Å². The highest BCUT2D eigenvalue weighted by Gasteiger charge is 2.30. The summed E-state index contributed by atoms with van der Waals surface area (Å²) in [6, 6.07) is 9.90. The second-order valence-corrected chi connectivity index (χ2v) is 25.3. The van der Waals surface area contributed by atoms with E-state index in [1.807, 2.05) is 27.7 Å². The van der Waals surface area contributed by atoms with Gasteiger partial charge in [-0.2, -0.15) is 0 Å². The molecule has 2 fully saturated rings. The van der Waals surface area contributed by atoms with Crippen LogP contribution in [0.4, 0.5) is 9.59 Å². The van der Waals surface area contributed by atoms with Crippen LogP contribution in [0.5, 0.6) is 0 Å². The molecule has 3 amide bonds. The number of carboxylic acids is 1. The number of carboxylic acid groups (broad SMARTS) is 1. The molecule has 0 bridgehead atoms. The molecule has 452 valence electrons. The van der Waals surface area contributed by atoms with Crippen LogP contribution in [-0.4, -0.2) is 147 Å². The maximum absolute atomic E-state index is 13.2. The van der Waals surface area contributed by atoms with Crippen molar-refractivity contribution in [1.82, 2.24) is 35.4 Å². The number of benzene rings is 2. The molecule has 0 aliphatic heterocycles. The van der Waals surface area contributed by atoms with Crippen LogP contribution in [-0.2, 0) is 70.9 Å². The Labute approximate surface area is 484 Å². The number of nitrogens with two attached hydrogens (primary N) is 1. The monoisotopic (exact) mass is 1210 g/mol. The minimum Gasteiger partial charge on any atom is -0.481 e. The Hall–Kier alpha value is -5.20. The summed E-state index contributed by atoms with van der Waals surface area (Å²) in [6.45, 7) is 11.7. The molecule has 0 saturated heterocycles. The number of amides is 3. The molecule has 2 aromatic heterocycles. The summed E-state index contributed by atoms with van der Waals surface area (Å²) in [5, 5.41) is 19.6. The summed E-state index contributed by atoms with van der Waals surface area (Å²) >= 11 is 2.93. The van der Waals surface area contributed by atoms with E-state index in [9.17, 15) is 36.0 Å². The third-order valence-corrected chi connectivity index (χ3v) is 18.4. The van der Waals surface area contributed by atoms with Gasteiger partial charge in [-0.3, -0.25) is 9.59 Å². The number of sulfonamides is 2. The lowest BCUT2D eigenvalue weighted by molar-refractivity contribution is -0.136. The van der Waals surface area contributed by atoms with Crippen LogP contribution in [0.2, 0.25) is 0 Å². The minimum absolute atomic E-state index is 0.00496. The molecule has 2 aliphatic rings. The number of hydrogen-bond donors (Lipinski definition) is 7. The molecular formula is C54H82N8O15S4. The number of hydrogen-bond acceptors (Lipinski definition) is 19. The van der Waals surface area contributed by atoms with Crippen molar-refractivity contribution in [2.45, 2.75) is 164 Å². The molecule has 6 rings (SSSR count). The van der Waals surface area contributed by atoms with E-state index in [4.69, 9.17) is 39.3 Å². The SMILES string of the molecule is CCNS(=O)(=O)c1cc(CC(=O)NCC(OC)OC)ccc1-c1cnc(C2CCC(NC(=O)OC(C)C)CC2)s1.CCNS(=O)(=O)c1cc(CC(=O)O)ccc1-c1cnc(C2CCC(NC(=O)OC(C)C)CC2)s1.COC(CN)OC. The van der Waals surface area contributed by atoms with E-state index >= 15 is 0 Å². The normalized spacial score (nSPS) is 17.4. The van der Waals surface area contributed by atoms with Gasteiger partial charge in [-0.1, -0.05) is 38.1 Å². The summed E-state index contributed by atoms with van der Waals surface area (Å²) in [7, 11) is -1.55. The third-order valence-electron chi connectivity index (χ3n) is 12.8. The predicted octanol–water partition coefficient (Wildman–Crippen LogP) is 7.01. The molecule has 23 nitrogen and oxygen atoms in total. The fourth-order valence-corrected chi connectivity index (χ4v) is 13.9. The lowest BCUT2D eigenvalue weighted by Crippen LogP contribution is -2.38. The summed E-state index contributed by atoms with van der Waals surface area (Å²) in [4.78, 5) is 58.2. The Morgan fingerprint density at radius 2 is 1.02 bits per heavy atom. The van der Waals surface area contributed by atoms with Crippen LogP contribution >= 0.6 is 22.7 Å². The highest BCUT2D eigenvalue weighted by Crippen LogP contribution is 2.41. The second-order valence-electron chi connectivity index (χ2n) is 19.7. The second kappa shape index (κ2) is 33.8. The number of alkyl carbamates (subject to hydrolysis) is 2. The number of carbonyl (C=O) groups is 4. The molecule has 0 atom stereocenters. The molecule has 4 aromatic rings. The smallest absolute Gasteiger partial charge is 0.407 e. The van der Waals surface area contributed by atoms with Gasteiger partial charge in [-0.15, -0.1) is 22.7 Å². The van der Waals surface area contributed by atoms with Crippen molar-refractivity contribution >= 4 is 66.8 Å². The van der Waals surface area contributed by atoms with Crippen molar-refractivity contribution in [1.29, 1.82) is 0 Å². The van der Waals surface area contributed by atoms with Crippen molar-refractivity contribution in [3.05, 3.63) is 69.9 Å². The van der Waals surface area contributed by atoms with Gasteiger partial charge < -0.3 is 55.2 Å². The number of thiazole rings is 2. The van der Waals surface area contributed by atoms with Crippen LogP contribution in [0, 0.1) is 0 Å². The Morgan fingerprint density at radius 1 is 0.630 bits per heavy atom. The zero-order valence-electron chi connectivity index (χ0n) is 47.9. The standard InChI is InChI=1S/C27H40N4O7S2.C23H31N3O6S2.C4H11NO2/c1-6-30-40(34,35)23-13-18(14-24(32)28-16-25(36-4)37-5)7-12-21(23)22-15-29-26(39-22)19-8-10-20(11-9-19)31-27(33)38-17(2)3;1-4-25-34(30,31)20-11-15(12-21(27)28)5-10-18(20)19-13-24-22(33-19)16-6-8-17(9-7-16)26-23(29)32-14(2)3;1-6-4(3-5)7-2/h7,12-13,15,17,19-20,25,30H,6,8-11,14,16H2,1-5H3,(H,28,32)(H,31,33);5,10-11,13-14,16-17,25H,4,6-9,12H2,1-3H3,(H,26,29)(H,27,28);4H,3,5H2,1-2H3. The van der Waals surface area contributed by atoms with Crippen LogP contribution < -0.4 is 31.1 Å². The van der Waals surface area contributed by atoms with Crippen molar-refractivity contribution in [2.75, 3.05) is 54.6 Å². The van der Waals surface area contributed by atoms with Gasteiger partial charge in [0.1, 0.15) is 0 Å². The first-order chi connectivity index (χ1) is 38.5. The van der Waals surface area contributed by atoms with E-state index in [1.54, 1.807) is 70.8 Å². The van der Waals surface area contributed by atoms with Gasteiger partial charge in [-0.05, 0) is 102 Å². The van der Waals surface area contributed by atoms with Crippen LogP contribution in [0.25, 0.3) is 20.9 Å².